The van der Waals surface area contributed by atoms with Gasteiger partial charge in [0.1, 0.15) is 5.52 Å². The molecule has 2 aromatic carbocycles. The monoisotopic (exact) mass is 438 g/mol. The number of oxazole rings is 1. The number of aromatic nitrogens is 1. The number of piperidine rings is 1. The molecule has 1 saturated heterocycles. The van der Waals surface area contributed by atoms with E-state index in [1.54, 1.807) is 11.8 Å². The van der Waals surface area contributed by atoms with Crippen LogP contribution in [0.1, 0.15) is 41.3 Å². The number of nitrogens with zero attached hydrogens (tertiary/aromatic N) is 2. The third-order valence-corrected chi connectivity index (χ3v) is 6.29. The van der Waals surface area contributed by atoms with Crippen molar-refractivity contribution < 1.29 is 18.7 Å². The molecule has 1 aromatic heterocycles. The summed E-state index contributed by atoms with van der Waals surface area (Å²) in [7, 11) is 0. The molecule has 31 heavy (non-hydrogen) atoms. The van der Waals surface area contributed by atoms with Crippen molar-refractivity contribution in [2.45, 2.75) is 37.7 Å². The molecule has 1 amide bonds. The van der Waals surface area contributed by atoms with E-state index in [4.69, 9.17) is 9.15 Å². The largest absolute Gasteiger partial charge is 0.466 e. The number of hydrogen-bond acceptors (Lipinski definition) is 6. The molecule has 4 rings (SSSR count). The molecule has 0 bridgehead atoms. The standard InChI is InChI=1S/C24H26N2O4S/c1-3-29-23(28)19-8-5-11-26(14-19)22(27)18-7-4-6-17(13-18)15-31-24-25-20-12-16(2)9-10-21(20)30-24/h4,6-7,9-10,12-13,19H,3,5,8,11,14-15H2,1-2H3. The Morgan fingerprint density at radius 1 is 1.26 bits per heavy atom. The van der Waals surface area contributed by atoms with Crippen LogP contribution in [0.4, 0.5) is 0 Å². The molecule has 2 heterocycles. The molecule has 162 valence electrons. The number of carbonyl (C=O) groups is 2. The SMILES string of the molecule is CCOC(=O)C1CCCN(C(=O)c2cccc(CSc3nc4cc(C)ccc4o3)c2)C1. The Balaban J connectivity index is 1.41. The molecular weight excluding hydrogens is 412 g/mol. The Morgan fingerprint density at radius 2 is 2.13 bits per heavy atom. The summed E-state index contributed by atoms with van der Waals surface area (Å²) in [4.78, 5) is 31.4. The molecule has 0 radical (unpaired) electrons. The number of fused-ring (bicyclic) bond motifs is 1. The highest BCUT2D eigenvalue weighted by molar-refractivity contribution is 7.98. The lowest BCUT2D eigenvalue weighted by Gasteiger charge is -2.31. The van der Waals surface area contributed by atoms with Crippen molar-refractivity contribution >= 4 is 34.7 Å². The number of benzene rings is 2. The van der Waals surface area contributed by atoms with Crippen LogP contribution in [0.3, 0.4) is 0 Å². The summed E-state index contributed by atoms with van der Waals surface area (Å²) >= 11 is 1.51. The summed E-state index contributed by atoms with van der Waals surface area (Å²) in [5, 5.41) is 0.616. The van der Waals surface area contributed by atoms with Crippen molar-refractivity contribution in [2.24, 2.45) is 5.92 Å². The van der Waals surface area contributed by atoms with Gasteiger partial charge < -0.3 is 14.1 Å². The van der Waals surface area contributed by atoms with Gasteiger partial charge in [-0.3, -0.25) is 9.59 Å². The average Bonchev–Trinajstić information content (AvgIpc) is 3.19. The fourth-order valence-electron chi connectivity index (χ4n) is 3.81. The first-order valence-electron chi connectivity index (χ1n) is 10.6. The number of carbonyl (C=O) groups excluding carboxylic acids is 2. The highest BCUT2D eigenvalue weighted by Crippen LogP contribution is 2.27. The van der Waals surface area contributed by atoms with Crippen LogP contribution < -0.4 is 0 Å². The molecule has 3 aromatic rings. The number of thioether (sulfide) groups is 1. The van der Waals surface area contributed by atoms with Gasteiger partial charge in [-0.2, -0.15) is 0 Å². The zero-order valence-electron chi connectivity index (χ0n) is 17.8. The Hall–Kier alpha value is -2.80. The molecule has 0 saturated carbocycles. The van der Waals surface area contributed by atoms with Crippen molar-refractivity contribution in [3.05, 3.63) is 59.2 Å². The number of esters is 1. The summed E-state index contributed by atoms with van der Waals surface area (Å²) in [5.41, 5.74) is 4.43. The van der Waals surface area contributed by atoms with Crippen LogP contribution in [0, 0.1) is 12.8 Å². The smallest absolute Gasteiger partial charge is 0.310 e. The summed E-state index contributed by atoms with van der Waals surface area (Å²) in [5.74, 6) is 0.161. The summed E-state index contributed by atoms with van der Waals surface area (Å²) in [6.45, 7) is 5.27. The average molecular weight is 439 g/mol. The lowest BCUT2D eigenvalue weighted by atomic mass is 9.97. The van der Waals surface area contributed by atoms with Crippen LogP contribution in [0.15, 0.2) is 52.1 Å². The highest BCUT2D eigenvalue weighted by atomic mass is 32.2. The zero-order valence-corrected chi connectivity index (χ0v) is 18.6. The quantitative estimate of drug-likeness (QED) is 0.405. The number of amides is 1. The molecule has 1 unspecified atom stereocenters. The van der Waals surface area contributed by atoms with Gasteiger partial charge in [0.05, 0.1) is 12.5 Å². The third-order valence-electron chi connectivity index (χ3n) is 5.39. The van der Waals surface area contributed by atoms with Gasteiger partial charge in [-0.15, -0.1) is 0 Å². The van der Waals surface area contributed by atoms with Crippen molar-refractivity contribution in [3.63, 3.8) is 0 Å². The number of likely N-dealkylation sites (tertiary alicyclic amines) is 1. The predicted molar refractivity (Wildman–Crippen MR) is 120 cm³/mol. The van der Waals surface area contributed by atoms with Gasteiger partial charge in [0, 0.05) is 24.4 Å². The second-order valence-corrected chi connectivity index (χ2v) is 8.71. The van der Waals surface area contributed by atoms with Crippen LogP contribution in [-0.2, 0) is 15.3 Å². The van der Waals surface area contributed by atoms with E-state index in [2.05, 4.69) is 4.98 Å². The van der Waals surface area contributed by atoms with E-state index >= 15 is 0 Å². The number of rotatable bonds is 6. The van der Waals surface area contributed by atoms with Crippen LogP contribution in [0.25, 0.3) is 11.1 Å². The van der Waals surface area contributed by atoms with Gasteiger partial charge >= 0.3 is 5.97 Å². The number of hydrogen-bond donors (Lipinski definition) is 0. The fraction of sp³-hybridized carbons (Fsp3) is 0.375. The molecular formula is C24H26N2O4S. The van der Waals surface area contributed by atoms with E-state index in [1.165, 1.54) is 11.8 Å². The summed E-state index contributed by atoms with van der Waals surface area (Å²) < 4.78 is 10.9. The minimum atomic E-state index is -0.237. The van der Waals surface area contributed by atoms with Crippen LogP contribution in [0.5, 0.6) is 0 Å². The summed E-state index contributed by atoms with van der Waals surface area (Å²) in [6.07, 6.45) is 1.57. The maximum Gasteiger partial charge on any atom is 0.310 e. The molecule has 1 atom stereocenters. The van der Waals surface area contributed by atoms with Crippen molar-refractivity contribution in [3.8, 4) is 0 Å². The molecule has 0 N–H and O–H groups in total. The molecule has 7 heteroatoms. The second-order valence-electron chi connectivity index (χ2n) is 7.78. The van der Waals surface area contributed by atoms with Gasteiger partial charge in [-0.1, -0.05) is 30.0 Å². The third kappa shape index (κ3) is 5.10. The number of ether oxygens (including phenoxy) is 1. The molecule has 0 aliphatic carbocycles. The number of aryl methyl sites for hydroxylation is 1. The molecule has 1 aliphatic rings. The topological polar surface area (TPSA) is 72.6 Å². The first-order chi connectivity index (χ1) is 15.0. The zero-order chi connectivity index (χ0) is 21.8. The van der Waals surface area contributed by atoms with E-state index in [0.717, 1.165) is 35.1 Å². The fourth-order valence-corrected chi connectivity index (χ4v) is 4.60. The van der Waals surface area contributed by atoms with Crippen LogP contribution in [-0.4, -0.2) is 41.5 Å². The van der Waals surface area contributed by atoms with Crippen molar-refractivity contribution in [2.75, 3.05) is 19.7 Å². The van der Waals surface area contributed by atoms with Gasteiger partial charge in [0.15, 0.2) is 5.58 Å². The van der Waals surface area contributed by atoms with Gasteiger partial charge in [0.25, 0.3) is 11.1 Å². The first kappa shape index (κ1) is 21.4. The van der Waals surface area contributed by atoms with E-state index in [1.807, 2.05) is 49.4 Å². The molecule has 1 fully saturated rings. The maximum absolute atomic E-state index is 13.0. The van der Waals surface area contributed by atoms with Crippen molar-refractivity contribution in [1.82, 2.24) is 9.88 Å². The van der Waals surface area contributed by atoms with E-state index in [-0.39, 0.29) is 17.8 Å². The van der Waals surface area contributed by atoms with Gasteiger partial charge in [-0.25, -0.2) is 4.98 Å². The Bertz CT molecular complexity index is 1090. The van der Waals surface area contributed by atoms with Crippen LogP contribution in [0.2, 0.25) is 0 Å². The van der Waals surface area contributed by atoms with E-state index in [9.17, 15) is 9.59 Å². The van der Waals surface area contributed by atoms with Gasteiger partial charge in [-0.05, 0) is 62.1 Å². The Morgan fingerprint density at radius 3 is 2.97 bits per heavy atom. The lowest BCUT2D eigenvalue weighted by Crippen LogP contribution is -2.42. The van der Waals surface area contributed by atoms with E-state index < -0.39 is 0 Å². The molecule has 1 aliphatic heterocycles. The van der Waals surface area contributed by atoms with Gasteiger partial charge in [0.2, 0.25) is 0 Å². The van der Waals surface area contributed by atoms with E-state index in [0.29, 0.717) is 36.2 Å². The first-order valence-corrected chi connectivity index (χ1v) is 11.6. The Labute approximate surface area is 186 Å². The lowest BCUT2D eigenvalue weighted by molar-refractivity contribution is -0.149. The van der Waals surface area contributed by atoms with Crippen molar-refractivity contribution in [1.29, 1.82) is 0 Å². The van der Waals surface area contributed by atoms with Crippen LogP contribution >= 0.6 is 11.8 Å². The summed E-state index contributed by atoms with van der Waals surface area (Å²) in [6, 6.07) is 13.6. The molecule has 6 nitrogen and oxygen atoms in total. The minimum Gasteiger partial charge on any atom is -0.466 e. The Kier molecular flexibility index (Phi) is 6.61. The normalized spacial score (nSPS) is 16.5. The minimum absolute atomic E-state index is 0.0433. The molecule has 0 spiro atoms. The predicted octanol–water partition coefficient (Wildman–Crippen LogP) is 4.84. The highest BCUT2D eigenvalue weighted by Gasteiger charge is 2.29. The second kappa shape index (κ2) is 9.56. The maximum atomic E-state index is 13.0.